The number of anilines is 1. The number of nitro benzene ring substituents is 1. The SMILES string of the molecule is COCCOCC(=O)Nc1ccc(C(=O)O)cc1[N+](=O)[O-]. The molecule has 0 aliphatic heterocycles. The van der Waals surface area contributed by atoms with Crippen molar-refractivity contribution < 1.29 is 29.1 Å². The molecule has 1 aromatic rings. The van der Waals surface area contributed by atoms with Gasteiger partial charge in [0.1, 0.15) is 12.3 Å². The van der Waals surface area contributed by atoms with Gasteiger partial charge in [-0.1, -0.05) is 0 Å². The van der Waals surface area contributed by atoms with Crippen molar-refractivity contribution in [3.05, 3.63) is 33.9 Å². The Balaban J connectivity index is 2.76. The summed E-state index contributed by atoms with van der Waals surface area (Å²) in [6.07, 6.45) is 0. The number of nitrogens with one attached hydrogen (secondary N) is 1. The molecule has 114 valence electrons. The number of hydrogen-bond acceptors (Lipinski definition) is 6. The van der Waals surface area contributed by atoms with Gasteiger partial charge in [-0.3, -0.25) is 14.9 Å². The molecule has 0 aromatic heterocycles. The minimum Gasteiger partial charge on any atom is -0.478 e. The lowest BCUT2D eigenvalue weighted by Crippen LogP contribution is -2.20. The summed E-state index contributed by atoms with van der Waals surface area (Å²) < 4.78 is 9.70. The highest BCUT2D eigenvalue weighted by molar-refractivity contribution is 5.96. The molecule has 0 saturated heterocycles. The van der Waals surface area contributed by atoms with Crippen molar-refractivity contribution in [3.8, 4) is 0 Å². The van der Waals surface area contributed by atoms with Crippen molar-refractivity contribution in [1.29, 1.82) is 0 Å². The lowest BCUT2D eigenvalue weighted by Gasteiger charge is -2.07. The van der Waals surface area contributed by atoms with E-state index in [1.54, 1.807) is 0 Å². The number of nitrogens with zero attached hydrogens (tertiary/aromatic N) is 1. The quantitative estimate of drug-likeness (QED) is 0.414. The first-order valence-corrected chi connectivity index (χ1v) is 5.84. The van der Waals surface area contributed by atoms with Crippen LogP contribution < -0.4 is 5.32 Å². The predicted octanol–water partition coefficient (Wildman–Crippen LogP) is 0.894. The Bertz CT molecular complexity index is 544. The number of amides is 1. The average Bonchev–Trinajstić information content (AvgIpc) is 2.43. The summed E-state index contributed by atoms with van der Waals surface area (Å²) in [5.41, 5.74) is -0.832. The number of carbonyl (C=O) groups excluding carboxylic acids is 1. The van der Waals surface area contributed by atoms with Gasteiger partial charge in [-0.15, -0.1) is 0 Å². The smallest absolute Gasteiger partial charge is 0.335 e. The van der Waals surface area contributed by atoms with Gasteiger partial charge in [0.15, 0.2) is 0 Å². The number of carbonyl (C=O) groups is 2. The predicted molar refractivity (Wildman–Crippen MR) is 71.4 cm³/mol. The van der Waals surface area contributed by atoms with E-state index in [-0.39, 0.29) is 24.5 Å². The van der Waals surface area contributed by atoms with Crippen LogP contribution in [0.1, 0.15) is 10.4 Å². The summed E-state index contributed by atoms with van der Waals surface area (Å²) in [7, 11) is 1.48. The summed E-state index contributed by atoms with van der Waals surface area (Å²) in [6.45, 7) is 0.242. The summed E-state index contributed by atoms with van der Waals surface area (Å²) in [5.74, 6) is -1.88. The second-order valence-corrected chi connectivity index (χ2v) is 3.89. The number of nitro groups is 1. The highest BCUT2D eigenvalue weighted by atomic mass is 16.6. The first kappa shape index (κ1) is 16.5. The van der Waals surface area contributed by atoms with Crippen LogP contribution in [0.15, 0.2) is 18.2 Å². The summed E-state index contributed by atoms with van der Waals surface area (Å²) in [4.78, 5) is 32.4. The highest BCUT2D eigenvalue weighted by Crippen LogP contribution is 2.25. The molecule has 0 unspecified atom stereocenters. The molecule has 21 heavy (non-hydrogen) atoms. The molecule has 9 heteroatoms. The summed E-state index contributed by atoms with van der Waals surface area (Å²) in [5, 5.41) is 22.0. The van der Waals surface area contributed by atoms with E-state index in [9.17, 15) is 19.7 Å². The molecular formula is C12H14N2O7. The minimum atomic E-state index is -1.29. The maximum absolute atomic E-state index is 11.6. The molecular weight excluding hydrogens is 284 g/mol. The van der Waals surface area contributed by atoms with Gasteiger partial charge in [0.05, 0.1) is 23.7 Å². The number of methoxy groups -OCH3 is 1. The van der Waals surface area contributed by atoms with Crippen molar-refractivity contribution in [2.45, 2.75) is 0 Å². The molecule has 0 bridgehead atoms. The molecule has 1 rings (SSSR count). The van der Waals surface area contributed by atoms with Gasteiger partial charge < -0.3 is 19.9 Å². The van der Waals surface area contributed by atoms with E-state index in [4.69, 9.17) is 14.6 Å². The topological polar surface area (TPSA) is 128 Å². The van der Waals surface area contributed by atoms with Crippen LogP contribution in [0, 0.1) is 10.1 Å². The Morgan fingerprint density at radius 3 is 2.67 bits per heavy atom. The standard InChI is InChI=1S/C12H14N2O7/c1-20-4-5-21-7-11(15)13-9-3-2-8(12(16)17)6-10(9)14(18)19/h2-3,6H,4-5,7H2,1H3,(H,13,15)(H,16,17). The van der Waals surface area contributed by atoms with Crippen molar-refractivity contribution in [2.24, 2.45) is 0 Å². The van der Waals surface area contributed by atoms with E-state index < -0.39 is 22.5 Å². The minimum absolute atomic E-state index is 0.0923. The third-order valence-corrected chi connectivity index (χ3v) is 2.38. The van der Waals surface area contributed by atoms with Crippen molar-refractivity contribution >= 4 is 23.3 Å². The maximum atomic E-state index is 11.6. The van der Waals surface area contributed by atoms with Crippen LogP contribution in [-0.4, -0.2) is 48.8 Å². The first-order chi connectivity index (χ1) is 9.95. The maximum Gasteiger partial charge on any atom is 0.335 e. The third-order valence-electron chi connectivity index (χ3n) is 2.38. The van der Waals surface area contributed by atoms with E-state index in [2.05, 4.69) is 5.32 Å². The fourth-order valence-electron chi connectivity index (χ4n) is 1.41. The lowest BCUT2D eigenvalue weighted by molar-refractivity contribution is -0.384. The van der Waals surface area contributed by atoms with Crippen LogP contribution in [0.2, 0.25) is 0 Å². The lowest BCUT2D eigenvalue weighted by atomic mass is 10.1. The van der Waals surface area contributed by atoms with Crippen molar-refractivity contribution in [2.75, 3.05) is 32.2 Å². The molecule has 0 fully saturated rings. The number of carboxylic acid groups (broad SMARTS) is 1. The van der Waals surface area contributed by atoms with Crippen LogP contribution in [0.3, 0.4) is 0 Å². The molecule has 1 aromatic carbocycles. The van der Waals surface area contributed by atoms with Gasteiger partial charge in [0.25, 0.3) is 11.6 Å². The largest absolute Gasteiger partial charge is 0.478 e. The van der Waals surface area contributed by atoms with Crippen LogP contribution in [0.5, 0.6) is 0 Å². The fourth-order valence-corrected chi connectivity index (χ4v) is 1.41. The van der Waals surface area contributed by atoms with Gasteiger partial charge >= 0.3 is 5.97 Å². The van der Waals surface area contributed by atoms with Crippen LogP contribution in [0.25, 0.3) is 0 Å². The number of aromatic carboxylic acids is 1. The monoisotopic (exact) mass is 298 g/mol. The Morgan fingerprint density at radius 2 is 2.10 bits per heavy atom. The molecule has 0 heterocycles. The Morgan fingerprint density at radius 1 is 1.38 bits per heavy atom. The fraction of sp³-hybridized carbons (Fsp3) is 0.333. The Kier molecular flexibility index (Phi) is 6.24. The highest BCUT2D eigenvalue weighted by Gasteiger charge is 2.18. The van der Waals surface area contributed by atoms with Gasteiger partial charge in [-0.2, -0.15) is 0 Å². The van der Waals surface area contributed by atoms with E-state index in [0.29, 0.717) is 6.61 Å². The van der Waals surface area contributed by atoms with E-state index in [1.807, 2.05) is 0 Å². The molecule has 0 atom stereocenters. The molecule has 2 N–H and O–H groups in total. The van der Waals surface area contributed by atoms with Crippen LogP contribution >= 0.6 is 0 Å². The molecule has 9 nitrogen and oxygen atoms in total. The number of hydrogen-bond donors (Lipinski definition) is 2. The molecule has 0 spiro atoms. The molecule has 1 amide bonds. The summed E-state index contributed by atoms with van der Waals surface area (Å²) >= 11 is 0. The van der Waals surface area contributed by atoms with Gasteiger partial charge in [0.2, 0.25) is 0 Å². The van der Waals surface area contributed by atoms with Crippen molar-refractivity contribution in [3.63, 3.8) is 0 Å². The Labute approximate surface area is 119 Å². The zero-order valence-electron chi connectivity index (χ0n) is 11.2. The molecule has 0 saturated carbocycles. The summed E-state index contributed by atoms with van der Waals surface area (Å²) in [6, 6.07) is 3.20. The van der Waals surface area contributed by atoms with E-state index in [0.717, 1.165) is 18.2 Å². The zero-order chi connectivity index (χ0) is 15.8. The third kappa shape index (κ3) is 5.16. The van der Waals surface area contributed by atoms with E-state index >= 15 is 0 Å². The average molecular weight is 298 g/mol. The zero-order valence-corrected chi connectivity index (χ0v) is 11.2. The van der Waals surface area contributed by atoms with Gasteiger partial charge in [-0.05, 0) is 12.1 Å². The van der Waals surface area contributed by atoms with E-state index in [1.165, 1.54) is 7.11 Å². The molecule has 0 radical (unpaired) electrons. The Hall–Kier alpha value is -2.52. The number of carboxylic acids is 1. The number of benzene rings is 1. The number of rotatable bonds is 8. The molecule has 0 aliphatic rings. The normalized spacial score (nSPS) is 10.1. The molecule has 0 aliphatic carbocycles. The van der Waals surface area contributed by atoms with Crippen LogP contribution in [-0.2, 0) is 14.3 Å². The van der Waals surface area contributed by atoms with Crippen LogP contribution in [0.4, 0.5) is 11.4 Å². The van der Waals surface area contributed by atoms with Gasteiger partial charge in [-0.25, -0.2) is 4.79 Å². The number of ether oxygens (including phenoxy) is 2. The van der Waals surface area contributed by atoms with Gasteiger partial charge in [0, 0.05) is 13.2 Å². The first-order valence-electron chi connectivity index (χ1n) is 5.84. The van der Waals surface area contributed by atoms with Crippen molar-refractivity contribution in [1.82, 2.24) is 0 Å². The second kappa shape index (κ2) is 7.92. The second-order valence-electron chi connectivity index (χ2n) is 3.89.